The molecule has 13 heteroatoms. The molecule has 0 saturated carbocycles. The molecule has 158 valence electrons. The number of nitrogens with one attached hydrogen (secondary N) is 2. The van der Waals surface area contributed by atoms with Gasteiger partial charge in [0, 0.05) is 32.3 Å². The van der Waals surface area contributed by atoms with Crippen LogP contribution in [0.4, 0.5) is 34.1 Å². The van der Waals surface area contributed by atoms with Crippen molar-refractivity contribution >= 4 is 56.0 Å². The fourth-order valence-electron chi connectivity index (χ4n) is 2.34. The lowest BCUT2D eigenvalue weighted by molar-refractivity contribution is -0.393. The third kappa shape index (κ3) is 6.02. The first-order valence-corrected chi connectivity index (χ1v) is 9.20. The Balaban J connectivity index is 2.44. The minimum atomic E-state index is -0.788. The fraction of sp³-hybridized carbons (Fsp3) is 0.235. The van der Waals surface area contributed by atoms with E-state index in [2.05, 4.69) is 36.8 Å². The number of hydrogen-bond donors (Lipinski definition) is 2. The van der Waals surface area contributed by atoms with Gasteiger partial charge >= 0.3 is 5.69 Å². The van der Waals surface area contributed by atoms with Gasteiger partial charge in [-0.2, -0.15) is 0 Å². The SMILES string of the molecule is COCCNc1ccc(N=Nc2c(Br)cc([N+](=O)[O-])cc2[N+](=O)[O-])c(NC(C)=O)c1. The van der Waals surface area contributed by atoms with Gasteiger partial charge in [-0.3, -0.25) is 25.0 Å². The van der Waals surface area contributed by atoms with Gasteiger partial charge in [0.15, 0.2) is 5.69 Å². The predicted octanol–water partition coefficient (Wildman–Crippen LogP) is 4.70. The summed E-state index contributed by atoms with van der Waals surface area (Å²) in [4.78, 5) is 32.3. The van der Waals surface area contributed by atoms with Gasteiger partial charge in [-0.15, -0.1) is 10.2 Å². The summed E-state index contributed by atoms with van der Waals surface area (Å²) in [5, 5.41) is 35.9. The highest BCUT2D eigenvalue weighted by Gasteiger charge is 2.23. The minimum absolute atomic E-state index is 0.0334. The Morgan fingerprint density at radius 1 is 1.17 bits per heavy atom. The quantitative estimate of drug-likeness (QED) is 0.227. The molecule has 0 unspecified atom stereocenters. The maximum absolute atomic E-state index is 11.5. The van der Waals surface area contributed by atoms with Crippen LogP contribution in [0.15, 0.2) is 45.0 Å². The summed E-state index contributed by atoms with van der Waals surface area (Å²) in [5.41, 5.74) is 0.0204. The Morgan fingerprint density at radius 2 is 1.90 bits per heavy atom. The third-order valence-corrected chi connectivity index (χ3v) is 4.24. The monoisotopic (exact) mass is 480 g/mol. The summed E-state index contributed by atoms with van der Waals surface area (Å²) in [6.07, 6.45) is 0. The summed E-state index contributed by atoms with van der Waals surface area (Å²) >= 11 is 3.06. The van der Waals surface area contributed by atoms with E-state index >= 15 is 0 Å². The van der Waals surface area contributed by atoms with Crippen molar-refractivity contribution < 1.29 is 19.4 Å². The number of ether oxygens (including phenoxy) is 1. The highest BCUT2D eigenvalue weighted by molar-refractivity contribution is 9.10. The number of azo groups is 1. The number of rotatable bonds is 9. The molecule has 0 saturated heterocycles. The number of hydrogen-bond acceptors (Lipinski definition) is 9. The van der Waals surface area contributed by atoms with Crippen LogP contribution in [0.3, 0.4) is 0 Å². The van der Waals surface area contributed by atoms with Crippen molar-refractivity contribution in [3.63, 3.8) is 0 Å². The Hall–Kier alpha value is -3.45. The number of nitro groups is 2. The van der Waals surface area contributed by atoms with Crippen LogP contribution in [-0.4, -0.2) is 36.0 Å². The largest absolute Gasteiger partial charge is 0.383 e. The maximum Gasteiger partial charge on any atom is 0.304 e. The van der Waals surface area contributed by atoms with Crippen molar-refractivity contribution in [2.45, 2.75) is 6.92 Å². The van der Waals surface area contributed by atoms with Crippen molar-refractivity contribution in [3.05, 3.63) is 55.0 Å². The highest BCUT2D eigenvalue weighted by atomic mass is 79.9. The van der Waals surface area contributed by atoms with Gasteiger partial charge < -0.3 is 15.4 Å². The molecule has 0 aliphatic rings. The van der Waals surface area contributed by atoms with E-state index in [-0.39, 0.29) is 21.8 Å². The van der Waals surface area contributed by atoms with Gasteiger partial charge in [0.05, 0.1) is 32.7 Å². The minimum Gasteiger partial charge on any atom is -0.383 e. The van der Waals surface area contributed by atoms with E-state index in [1.54, 1.807) is 25.3 Å². The predicted molar refractivity (Wildman–Crippen MR) is 113 cm³/mol. The molecule has 2 N–H and O–H groups in total. The molecule has 0 aliphatic carbocycles. The topological polar surface area (TPSA) is 161 Å². The molecule has 0 radical (unpaired) electrons. The van der Waals surface area contributed by atoms with Crippen LogP contribution in [0.1, 0.15) is 6.92 Å². The van der Waals surface area contributed by atoms with Crippen molar-refractivity contribution in [1.29, 1.82) is 0 Å². The molecule has 0 atom stereocenters. The number of methoxy groups -OCH3 is 1. The summed E-state index contributed by atoms with van der Waals surface area (Å²) in [6, 6.07) is 6.78. The molecule has 0 spiro atoms. The van der Waals surface area contributed by atoms with Crippen LogP contribution in [0.25, 0.3) is 0 Å². The second-order valence-electron chi connectivity index (χ2n) is 5.84. The van der Waals surface area contributed by atoms with Gasteiger partial charge in [-0.25, -0.2) is 0 Å². The lowest BCUT2D eigenvalue weighted by Crippen LogP contribution is -2.09. The second-order valence-corrected chi connectivity index (χ2v) is 6.70. The number of halogens is 1. The number of nitrogens with zero attached hydrogens (tertiary/aromatic N) is 4. The van der Waals surface area contributed by atoms with Gasteiger partial charge in [-0.05, 0) is 34.1 Å². The lowest BCUT2D eigenvalue weighted by atomic mass is 10.2. The zero-order valence-electron chi connectivity index (χ0n) is 15.9. The molecule has 2 aromatic carbocycles. The Morgan fingerprint density at radius 3 is 2.50 bits per heavy atom. The van der Waals surface area contributed by atoms with Gasteiger partial charge in [0.1, 0.15) is 5.69 Å². The third-order valence-electron chi connectivity index (χ3n) is 3.64. The van der Waals surface area contributed by atoms with Crippen LogP contribution < -0.4 is 10.6 Å². The van der Waals surface area contributed by atoms with E-state index < -0.39 is 21.2 Å². The van der Waals surface area contributed by atoms with Crippen molar-refractivity contribution in [1.82, 2.24) is 0 Å². The van der Waals surface area contributed by atoms with Gasteiger partial charge in [0.25, 0.3) is 5.69 Å². The van der Waals surface area contributed by atoms with E-state index in [1.807, 2.05) is 0 Å². The van der Waals surface area contributed by atoms with Crippen molar-refractivity contribution in [3.8, 4) is 0 Å². The first-order chi connectivity index (χ1) is 14.2. The first kappa shape index (κ1) is 22.8. The zero-order chi connectivity index (χ0) is 22.3. The van der Waals surface area contributed by atoms with E-state index in [1.165, 1.54) is 6.92 Å². The fourth-order valence-corrected chi connectivity index (χ4v) is 2.86. The van der Waals surface area contributed by atoms with E-state index in [0.29, 0.717) is 24.5 Å². The van der Waals surface area contributed by atoms with Gasteiger partial charge in [0.2, 0.25) is 5.91 Å². The molecule has 12 nitrogen and oxygen atoms in total. The number of benzene rings is 2. The standard InChI is InChI=1S/C17H17BrN6O6/c1-10(25)20-15-7-11(19-5-6-30-2)3-4-14(15)21-22-17-13(18)8-12(23(26)27)9-16(17)24(28)29/h3-4,7-9,19H,5-6H2,1-2H3,(H,20,25). The Labute approximate surface area is 178 Å². The summed E-state index contributed by atoms with van der Waals surface area (Å²) in [7, 11) is 1.57. The summed E-state index contributed by atoms with van der Waals surface area (Å²) in [5.74, 6) is -0.344. The van der Waals surface area contributed by atoms with E-state index in [0.717, 1.165) is 12.1 Å². The van der Waals surface area contributed by atoms with Gasteiger partial charge in [-0.1, -0.05) is 0 Å². The lowest BCUT2D eigenvalue weighted by Gasteiger charge is -2.10. The van der Waals surface area contributed by atoms with Crippen molar-refractivity contribution in [2.24, 2.45) is 10.2 Å². The normalized spacial score (nSPS) is 10.8. The van der Waals surface area contributed by atoms with Crippen LogP contribution in [0.5, 0.6) is 0 Å². The number of nitro benzene ring substituents is 2. The number of carbonyl (C=O) groups excluding carboxylic acids is 1. The molecule has 0 aliphatic heterocycles. The summed E-state index contributed by atoms with van der Waals surface area (Å²) in [6.45, 7) is 2.34. The number of carbonyl (C=O) groups is 1. The van der Waals surface area contributed by atoms with Crippen LogP contribution >= 0.6 is 15.9 Å². The number of anilines is 2. The molecule has 0 fully saturated rings. The molecular formula is C17H17BrN6O6. The maximum atomic E-state index is 11.5. The molecular weight excluding hydrogens is 464 g/mol. The Kier molecular flexibility index (Phi) is 7.89. The number of non-ortho nitro benzene ring substituents is 1. The van der Waals surface area contributed by atoms with Crippen LogP contribution in [0.2, 0.25) is 0 Å². The molecule has 2 rings (SSSR count). The van der Waals surface area contributed by atoms with Crippen LogP contribution in [0, 0.1) is 20.2 Å². The molecule has 0 bridgehead atoms. The average molecular weight is 481 g/mol. The smallest absolute Gasteiger partial charge is 0.304 e. The second kappa shape index (κ2) is 10.4. The molecule has 1 amide bonds. The first-order valence-electron chi connectivity index (χ1n) is 8.41. The molecule has 2 aromatic rings. The molecule has 0 aromatic heterocycles. The highest BCUT2D eigenvalue weighted by Crippen LogP contribution is 2.40. The van der Waals surface area contributed by atoms with E-state index in [4.69, 9.17) is 4.74 Å². The van der Waals surface area contributed by atoms with Crippen LogP contribution in [-0.2, 0) is 9.53 Å². The van der Waals surface area contributed by atoms with Crippen molar-refractivity contribution in [2.75, 3.05) is 30.9 Å². The zero-order valence-corrected chi connectivity index (χ0v) is 17.5. The molecule has 30 heavy (non-hydrogen) atoms. The van der Waals surface area contributed by atoms with E-state index in [9.17, 15) is 25.0 Å². The molecule has 0 heterocycles. The Bertz CT molecular complexity index is 1010. The summed E-state index contributed by atoms with van der Waals surface area (Å²) < 4.78 is 5.00. The number of amides is 1. The average Bonchev–Trinajstić information content (AvgIpc) is 2.67.